The van der Waals surface area contributed by atoms with Crippen LogP contribution >= 0.6 is 0 Å². The summed E-state index contributed by atoms with van der Waals surface area (Å²) >= 11 is 0. The first kappa shape index (κ1) is 10.0. The Labute approximate surface area is 89.7 Å². The van der Waals surface area contributed by atoms with Crippen LogP contribution in [-0.4, -0.2) is 27.0 Å². The van der Waals surface area contributed by atoms with E-state index in [-0.39, 0.29) is 5.92 Å². The van der Waals surface area contributed by atoms with E-state index in [4.69, 9.17) is 4.74 Å². The molecule has 0 radical (unpaired) electrons. The number of hydrogen-bond donors (Lipinski definition) is 0. The maximum absolute atomic E-state index is 11.0. The third-order valence-electron chi connectivity index (χ3n) is 2.97. The average Bonchev–Trinajstić information content (AvgIpc) is 2.29. The Morgan fingerprint density at radius 3 is 3.00 bits per heavy atom. The number of nitrogens with zero attached hydrogens (tertiary/aromatic N) is 1. The van der Waals surface area contributed by atoms with Gasteiger partial charge in [0.1, 0.15) is 12.0 Å². The number of para-hydroxylation sites is 1. The van der Waals surface area contributed by atoms with E-state index in [2.05, 4.69) is 4.90 Å². The number of rotatable bonds is 2. The van der Waals surface area contributed by atoms with Gasteiger partial charge in [0.15, 0.2) is 0 Å². The van der Waals surface area contributed by atoms with E-state index in [9.17, 15) is 4.79 Å². The van der Waals surface area contributed by atoms with E-state index in [0.717, 1.165) is 36.3 Å². The fourth-order valence-corrected chi connectivity index (χ4v) is 2.15. The Kier molecular flexibility index (Phi) is 2.62. The number of ether oxygens (including phenoxy) is 1. The van der Waals surface area contributed by atoms with Gasteiger partial charge in [0.05, 0.1) is 12.8 Å². The minimum Gasteiger partial charge on any atom is -0.495 e. The summed E-state index contributed by atoms with van der Waals surface area (Å²) in [5.74, 6) is 0.868. The minimum atomic E-state index is 0.0197. The summed E-state index contributed by atoms with van der Waals surface area (Å²) in [4.78, 5) is 13.1. The van der Waals surface area contributed by atoms with Crippen molar-refractivity contribution in [2.24, 2.45) is 0 Å². The predicted molar refractivity (Wildman–Crippen MR) is 59.7 cm³/mol. The molecule has 1 aromatic carbocycles. The van der Waals surface area contributed by atoms with Crippen LogP contribution in [0.4, 0.5) is 5.69 Å². The quantitative estimate of drug-likeness (QED) is 0.690. The van der Waals surface area contributed by atoms with E-state index in [1.807, 2.05) is 25.2 Å². The number of hydrogen-bond acceptors (Lipinski definition) is 3. The highest BCUT2D eigenvalue weighted by atomic mass is 16.5. The van der Waals surface area contributed by atoms with Crippen LogP contribution in [0.2, 0.25) is 0 Å². The Bertz CT molecular complexity index is 376. The standard InChI is InChI=1S/C12H15NO2/c1-13-7-6-9(8-14)10-4-3-5-11(15-2)12(10)13/h3-5,8-9H,6-7H2,1-2H3. The van der Waals surface area contributed by atoms with Gasteiger partial charge in [0.25, 0.3) is 0 Å². The van der Waals surface area contributed by atoms with Crippen LogP contribution in [-0.2, 0) is 4.79 Å². The topological polar surface area (TPSA) is 29.5 Å². The van der Waals surface area contributed by atoms with Gasteiger partial charge >= 0.3 is 0 Å². The highest BCUT2D eigenvalue weighted by Crippen LogP contribution is 2.39. The van der Waals surface area contributed by atoms with Crippen LogP contribution in [0.25, 0.3) is 0 Å². The van der Waals surface area contributed by atoms with Crippen LogP contribution < -0.4 is 9.64 Å². The van der Waals surface area contributed by atoms with Crippen molar-refractivity contribution >= 4 is 12.0 Å². The highest BCUT2D eigenvalue weighted by Gasteiger charge is 2.25. The van der Waals surface area contributed by atoms with Crippen molar-refractivity contribution in [3.8, 4) is 5.75 Å². The van der Waals surface area contributed by atoms with Gasteiger partial charge in [-0.3, -0.25) is 0 Å². The fourth-order valence-electron chi connectivity index (χ4n) is 2.15. The van der Waals surface area contributed by atoms with Crippen LogP contribution in [0.15, 0.2) is 18.2 Å². The summed E-state index contributed by atoms with van der Waals surface area (Å²) in [6.07, 6.45) is 1.92. The molecule has 15 heavy (non-hydrogen) atoms. The van der Waals surface area contributed by atoms with Gasteiger partial charge in [-0.2, -0.15) is 0 Å². The molecule has 2 rings (SSSR count). The van der Waals surface area contributed by atoms with Crippen molar-refractivity contribution in [3.63, 3.8) is 0 Å². The van der Waals surface area contributed by atoms with Gasteiger partial charge in [-0.25, -0.2) is 0 Å². The SMILES string of the molecule is COc1cccc2c1N(C)CCC2C=O. The molecular formula is C12H15NO2. The third kappa shape index (κ3) is 1.58. The van der Waals surface area contributed by atoms with Gasteiger partial charge in [-0.05, 0) is 18.1 Å². The normalized spacial score (nSPS) is 19.6. The van der Waals surface area contributed by atoms with Crippen LogP contribution in [0.5, 0.6) is 5.75 Å². The molecule has 3 nitrogen and oxygen atoms in total. The smallest absolute Gasteiger partial charge is 0.142 e. The molecule has 1 atom stereocenters. The largest absolute Gasteiger partial charge is 0.495 e. The molecule has 0 amide bonds. The second kappa shape index (κ2) is 3.93. The molecule has 0 N–H and O–H groups in total. The Hall–Kier alpha value is -1.51. The molecule has 0 saturated heterocycles. The molecule has 0 fully saturated rings. The molecule has 1 aliphatic heterocycles. The monoisotopic (exact) mass is 205 g/mol. The molecule has 3 heteroatoms. The van der Waals surface area contributed by atoms with Crippen molar-refractivity contribution in [1.82, 2.24) is 0 Å². The number of anilines is 1. The fraction of sp³-hybridized carbons (Fsp3) is 0.417. The summed E-state index contributed by atoms with van der Waals surface area (Å²) in [6.45, 7) is 0.900. The number of carbonyl (C=O) groups excluding carboxylic acids is 1. The molecule has 1 aliphatic rings. The lowest BCUT2D eigenvalue weighted by Gasteiger charge is -2.32. The Balaban J connectivity index is 2.55. The summed E-state index contributed by atoms with van der Waals surface area (Å²) in [5, 5.41) is 0. The summed E-state index contributed by atoms with van der Waals surface area (Å²) in [5.41, 5.74) is 2.14. The minimum absolute atomic E-state index is 0.0197. The second-order valence-electron chi connectivity index (χ2n) is 3.85. The van der Waals surface area contributed by atoms with E-state index in [1.165, 1.54) is 0 Å². The Morgan fingerprint density at radius 1 is 1.53 bits per heavy atom. The number of benzene rings is 1. The van der Waals surface area contributed by atoms with Crippen LogP contribution in [0.3, 0.4) is 0 Å². The zero-order chi connectivity index (χ0) is 10.8. The summed E-state index contributed by atoms with van der Waals surface area (Å²) in [6, 6.07) is 5.88. The van der Waals surface area contributed by atoms with Gasteiger partial charge in [0.2, 0.25) is 0 Å². The van der Waals surface area contributed by atoms with Gasteiger partial charge in [0, 0.05) is 19.5 Å². The van der Waals surface area contributed by atoms with Crippen molar-refractivity contribution in [2.75, 3.05) is 25.6 Å². The van der Waals surface area contributed by atoms with Gasteiger partial charge in [-0.15, -0.1) is 0 Å². The molecule has 80 valence electrons. The lowest BCUT2D eigenvalue weighted by atomic mass is 9.91. The third-order valence-corrected chi connectivity index (χ3v) is 2.97. The van der Waals surface area contributed by atoms with Crippen molar-refractivity contribution in [3.05, 3.63) is 23.8 Å². The first-order valence-electron chi connectivity index (χ1n) is 5.11. The lowest BCUT2D eigenvalue weighted by molar-refractivity contribution is -0.109. The molecule has 1 unspecified atom stereocenters. The summed E-state index contributed by atoms with van der Waals surface area (Å²) < 4.78 is 5.32. The number of carbonyl (C=O) groups is 1. The lowest BCUT2D eigenvalue weighted by Crippen LogP contribution is -2.28. The van der Waals surface area contributed by atoms with Crippen LogP contribution in [0, 0.1) is 0 Å². The molecule has 1 heterocycles. The van der Waals surface area contributed by atoms with Crippen LogP contribution in [0.1, 0.15) is 17.9 Å². The molecule has 0 aromatic heterocycles. The Morgan fingerprint density at radius 2 is 2.33 bits per heavy atom. The molecule has 0 spiro atoms. The number of fused-ring (bicyclic) bond motifs is 1. The molecule has 0 saturated carbocycles. The molecule has 0 aliphatic carbocycles. The molecule has 0 bridgehead atoms. The van der Waals surface area contributed by atoms with Gasteiger partial charge in [-0.1, -0.05) is 12.1 Å². The first-order valence-corrected chi connectivity index (χ1v) is 5.11. The van der Waals surface area contributed by atoms with Crippen molar-refractivity contribution < 1.29 is 9.53 Å². The first-order chi connectivity index (χ1) is 7.27. The van der Waals surface area contributed by atoms with E-state index < -0.39 is 0 Å². The zero-order valence-electron chi connectivity index (χ0n) is 9.06. The van der Waals surface area contributed by atoms with E-state index >= 15 is 0 Å². The van der Waals surface area contributed by atoms with E-state index in [0.29, 0.717) is 0 Å². The maximum Gasteiger partial charge on any atom is 0.142 e. The molecule has 1 aromatic rings. The zero-order valence-corrected chi connectivity index (χ0v) is 9.06. The maximum atomic E-state index is 11.0. The predicted octanol–water partition coefficient (Wildman–Crippen LogP) is 1.82. The van der Waals surface area contributed by atoms with Gasteiger partial charge < -0.3 is 14.4 Å². The number of aldehydes is 1. The second-order valence-corrected chi connectivity index (χ2v) is 3.85. The molecular weight excluding hydrogens is 190 g/mol. The average molecular weight is 205 g/mol. The number of methoxy groups -OCH3 is 1. The van der Waals surface area contributed by atoms with Crippen molar-refractivity contribution in [2.45, 2.75) is 12.3 Å². The summed E-state index contributed by atoms with van der Waals surface area (Å²) in [7, 11) is 3.69. The highest BCUT2D eigenvalue weighted by molar-refractivity contribution is 5.74. The van der Waals surface area contributed by atoms with Crippen molar-refractivity contribution in [1.29, 1.82) is 0 Å². The van der Waals surface area contributed by atoms with E-state index in [1.54, 1.807) is 7.11 Å².